The van der Waals surface area contributed by atoms with Gasteiger partial charge in [-0.15, -0.1) is 0 Å². The summed E-state index contributed by atoms with van der Waals surface area (Å²) in [5, 5.41) is 0. The molecule has 0 N–H and O–H groups in total. The Hall–Kier alpha value is -2.49. The number of halogens is 1. The van der Waals surface area contributed by atoms with E-state index in [-0.39, 0.29) is 5.82 Å². The molecule has 20 heavy (non-hydrogen) atoms. The Morgan fingerprint density at radius 1 is 1.30 bits per heavy atom. The van der Waals surface area contributed by atoms with Crippen LogP contribution in [0.4, 0.5) is 4.39 Å². The Kier molecular flexibility index (Phi) is 4.60. The van der Waals surface area contributed by atoms with Gasteiger partial charge in [0.2, 0.25) is 0 Å². The molecule has 0 saturated carbocycles. The molecule has 0 radical (unpaired) electrons. The van der Waals surface area contributed by atoms with Crippen molar-refractivity contribution in [3.63, 3.8) is 0 Å². The summed E-state index contributed by atoms with van der Waals surface area (Å²) in [5.41, 5.74) is 2.48. The summed E-state index contributed by atoms with van der Waals surface area (Å²) in [7, 11) is 0. The van der Waals surface area contributed by atoms with Crippen molar-refractivity contribution < 1.29 is 13.9 Å². The third-order valence-electron chi connectivity index (χ3n) is 2.70. The number of aromatic nitrogens is 1. The molecule has 4 heteroatoms. The molecule has 2 rings (SSSR count). The largest absolute Gasteiger partial charge is 0.463 e. The minimum atomic E-state index is -0.394. The molecule has 0 unspecified atom stereocenters. The topological polar surface area (TPSA) is 39.2 Å². The van der Waals surface area contributed by atoms with E-state index in [1.54, 1.807) is 43.6 Å². The molecule has 0 aliphatic carbocycles. The average molecular weight is 271 g/mol. The van der Waals surface area contributed by atoms with Gasteiger partial charge in [0.1, 0.15) is 5.82 Å². The van der Waals surface area contributed by atoms with Crippen LogP contribution in [0.15, 0.2) is 48.8 Å². The lowest BCUT2D eigenvalue weighted by molar-refractivity contribution is -0.137. The minimum Gasteiger partial charge on any atom is -0.463 e. The highest BCUT2D eigenvalue weighted by atomic mass is 19.1. The third kappa shape index (κ3) is 3.51. The number of pyridine rings is 1. The van der Waals surface area contributed by atoms with E-state index in [1.165, 1.54) is 18.2 Å². The predicted octanol–water partition coefficient (Wildman–Crippen LogP) is 3.46. The molecule has 1 heterocycles. The van der Waals surface area contributed by atoms with Gasteiger partial charge < -0.3 is 4.74 Å². The van der Waals surface area contributed by atoms with Crippen LogP contribution in [0.1, 0.15) is 12.5 Å². The summed E-state index contributed by atoms with van der Waals surface area (Å²) in [6.45, 7) is 2.09. The highest BCUT2D eigenvalue weighted by Crippen LogP contribution is 2.23. The van der Waals surface area contributed by atoms with Crippen LogP contribution in [0.25, 0.3) is 17.2 Å². The Labute approximate surface area is 116 Å². The van der Waals surface area contributed by atoms with Gasteiger partial charge in [-0.3, -0.25) is 4.98 Å². The molecule has 0 aliphatic rings. The van der Waals surface area contributed by atoms with Crippen molar-refractivity contribution in [2.24, 2.45) is 0 Å². The minimum absolute atomic E-state index is 0.291. The molecule has 0 saturated heterocycles. The first kappa shape index (κ1) is 13.9. The lowest BCUT2D eigenvalue weighted by atomic mass is 10.0. The monoisotopic (exact) mass is 271 g/mol. The van der Waals surface area contributed by atoms with E-state index in [0.717, 1.165) is 16.7 Å². The maximum Gasteiger partial charge on any atom is 0.330 e. The van der Waals surface area contributed by atoms with Crippen molar-refractivity contribution in [1.29, 1.82) is 0 Å². The predicted molar refractivity (Wildman–Crippen MR) is 75.3 cm³/mol. The zero-order chi connectivity index (χ0) is 14.4. The molecule has 3 nitrogen and oxygen atoms in total. The number of ether oxygens (including phenoxy) is 1. The Bertz CT molecular complexity index is 621. The maximum atomic E-state index is 13.0. The molecule has 0 amide bonds. The summed E-state index contributed by atoms with van der Waals surface area (Å²) in [5.74, 6) is -0.685. The lowest BCUT2D eigenvalue weighted by Gasteiger charge is -2.05. The first-order chi connectivity index (χ1) is 9.70. The summed E-state index contributed by atoms with van der Waals surface area (Å²) in [4.78, 5) is 15.4. The molecule has 2 aromatic rings. The fourth-order valence-corrected chi connectivity index (χ4v) is 1.77. The van der Waals surface area contributed by atoms with E-state index < -0.39 is 5.97 Å². The van der Waals surface area contributed by atoms with E-state index >= 15 is 0 Å². The molecular formula is C16H14FNO2. The number of hydrogen-bond acceptors (Lipinski definition) is 3. The lowest BCUT2D eigenvalue weighted by Crippen LogP contribution is -1.98. The zero-order valence-corrected chi connectivity index (χ0v) is 11.0. The number of nitrogens with zero attached hydrogens (tertiary/aromatic N) is 1. The van der Waals surface area contributed by atoms with Gasteiger partial charge in [-0.1, -0.05) is 12.1 Å². The van der Waals surface area contributed by atoms with Crippen LogP contribution in [-0.2, 0) is 9.53 Å². The standard InChI is InChI=1S/C16H14FNO2/c1-2-20-16(19)8-5-13-9-10-18-11-15(13)12-3-6-14(17)7-4-12/h3-11H,2H2,1H3. The molecule has 0 atom stereocenters. The summed E-state index contributed by atoms with van der Waals surface area (Å²) >= 11 is 0. The van der Waals surface area contributed by atoms with Crippen LogP contribution in [0.3, 0.4) is 0 Å². The van der Waals surface area contributed by atoms with Gasteiger partial charge in [0.25, 0.3) is 0 Å². The average Bonchev–Trinajstić information content (AvgIpc) is 2.47. The van der Waals surface area contributed by atoms with Crippen LogP contribution in [0, 0.1) is 5.82 Å². The number of esters is 1. The third-order valence-corrected chi connectivity index (χ3v) is 2.70. The highest BCUT2D eigenvalue weighted by Gasteiger charge is 2.04. The van der Waals surface area contributed by atoms with E-state index in [2.05, 4.69) is 4.98 Å². The SMILES string of the molecule is CCOC(=O)C=Cc1ccncc1-c1ccc(F)cc1. The summed E-state index contributed by atoms with van der Waals surface area (Å²) < 4.78 is 17.8. The second-order valence-corrected chi connectivity index (χ2v) is 4.06. The number of carbonyl (C=O) groups is 1. The number of carbonyl (C=O) groups excluding carboxylic acids is 1. The van der Waals surface area contributed by atoms with Crippen molar-refractivity contribution in [3.05, 3.63) is 60.2 Å². The van der Waals surface area contributed by atoms with Gasteiger partial charge >= 0.3 is 5.97 Å². The smallest absolute Gasteiger partial charge is 0.330 e. The van der Waals surface area contributed by atoms with Crippen molar-refractivity contribution in [2.75, 3.05) is 6.61 Å². The van der Waals surface area contributed by atoms with Gasteiger partial charge in [-0.25, -0.2) is 9.18 Å². The van der Waals surface area contributed by atoms with Crippen LogP contribution >= 0.6 is 0 Å². The molecule has 102 valence electrons. The zero-order valence-electron chi connectivity index (χ0n) is 11.0. The first-order valence-electron chi connectivity index (χ1n) is 6.25. The van der Waals surface area contributed by atoms with Gasteiger partial charge in [0.05, 0.1) is 6.61 Å². The van der Waals surface area contributed by atoms with Gasteiger partial charge in [-0.2, -0.15) is 0 Å². The van der Waals surface area contributed by atoms with E-state index in [9.17, 15) is 9.18 Å². The highest BCUT2D eigenvalue weighted by molar-refractivity contribution is 5.89. The normalized spacial score (nSPS) is 10.7. The number of hydrogen-bond donors (Lipinski definition) is 0. The quantitative estimate of drug-likeness (QED) is 0.631. The Morgan fingerprint density at radius 2 is 2.05 bits per heavy atom. The van der Waals surface area contributed by atoms with Crippen molar-refractivity contribution >= 4 is 12.0 Å². The molecular weight excluding hydrogens is 257 g/mol. The van der Waals surface area contributed by atoms with Gasteiger partial charge in [0.15, 0.2) is 0 Å². The van der Waals surface area contributed by atoms with Gasteiger partial charge in [-0.05, 0) is 42.3 Å². The van der Waals surface area contributed by atoms with E-state index in [1.807, 2.05) is 0 Å². The van der Waals surface area contributed by atoms with Crippen LogP contribution in [0.2, 0.25) is 0 Å². The number of rotatable bonds is 4. The Balaban J connectivity index is 2.31. The number of benzene rings is 1. The maximum absolute atomic E-state index is 13.0. The van der Waals surface area contributed by atoms with Gasteiger partial charge in [0, 0.05) is 24.0 Å². The second-order valence-electron chi connectivity index (χ2n) is 4.06. The second kappa shape index (κ2) is 6.61. The molecule has 0 fully saturated rings. The summed E-state index contributed by atoms with van der Waals surface area (Å²) in [6, 6.07) is 7.92. The first-order valence-corrected chi connectivity index (χ1v) is 6.25. The van der Waals surface area contributed by atoms with Crippen molar-refractivity contribution in [3.8, 4) is 11.1 Å². The molecule has 0 bridgehead atoms. The fourth-order valence-electron chi connectivity index (χ4n) is 1.77. The van der Waals surface area contributed by atoms with Crippen molar-refractivity contribution in [2.45, 2.75) is 6.92 Å². The molecule has 0 spiro atoms. The molecule has 1 aromatic heterocycles. The fraction of sp³-hybridized carbons (Fsp3) is 0.125. The van der Waals surface area contributed by atoms with Crippen LogP contribution in [0.5, 0.6) is 0 Å². The van der Waals surface area contributed by atoms with Crippen molar-refractivity contribution in [1.82, 2.24) is 4.98 Å². The summed E-state index contributed by atoms with van der Waals surface area (Å²) in [6.07, 6.45) is 6.35. The van der Waals surface area contributed by atoms with Crippen LogP contribution in [-0.4, -0.2) is 17.6 Å². The van der Waals surface area contributed by atoms with E-state index in [4.69, 9.17) is 4.74 Å². The molecule has 0 aliphatic heterocycles. The molecule has 1 aromatic carbocycles. The van der Waals surface area contributed by atoms with E-state index in [0.29, 0.717) is 6.61 Å². The van der Waals surface area contributed by atoms with Crippen LogP contribution < -0.4 is 0 Å². The Morgan fingerprint density at radius 3 is 2.75 bits per heavy atom.